The molecule has 0 fully saturated rings. The fraction of sp³-hybridized carbons (Fsp3) is 0.500. The number of benzene rings is 1. The number of nitrogens with zero attached hydrogens (tertiary/aromatic N) is 4. The number of aromatic nitrogens is 3. The lowest BCUT2D eigenvalue weighted by molar-refractivity contribution is -0.138. The van der Waals surface area contributed by atoms with Crippen molar-refractivity contribution in [3.63, 3.8) is 0 Å². The number of carbonyl (C=O) groups excluding carboxylic acids is 1. The van der Waals surface area contributed by atoms with Gasteiger partial charge in [-0.3, -0.25) is 4.79 Å². The van der Waals surface area contributed by atoms with Crippen molar-refractivity contribution in [2.24, 2.45) is 5.92 Å². The van der Waals surface area contributed by atoms with Crippen LogP contribution in [0.25, 0.3) is 0 Å². The average molecular weight is 342 g/mol. The molecular formula is C18H22N4O3. The zero-order valence-corrected chi connectivity index (χ0v) is 14.6. The molecule has 0 unspecified atom stereocenters. The molecule has 2 aliphatic heterocycles. The lowest BCUT2D eigenvalue weighted by atomic mass is 9.95. The van der Waals surface area contributed by atoms with E-state index in [2.05, 4.69) is 21.7 Å². The highest BCUT2D eigenvalue weighted by atomic mass is 16.5. The number of fused-ring (bicyclic) bond motifs is 2. The Balaban J connectivity index is 1.49. The van der Waals surface area contributed by atoms with E-state index in [0.717, 1.165) is 41.7 Å². The predicted octanol–water partition coefficient (Wildman–Crippen LogP) is 1.44. The second-order valence-corrected chi connectivity index (χ2v) is 6.46. The summed E-state index contributed by atoms with van der Waals surface area (Å²) in [6, 6.07) is 5.81. The van der Waals surface area contributed by atoms with Crippen LogP contribution in [0.3, 0.4) is 0 Å². The van der Waals surface area contributed by atoms with Crippen LogP contribution in [0.2, 0.25) is 0 Å². The van der Waals surface area contributed by atoms with Gasteiger partial charge in [0.2, 0.25) is 5.91 Å². The second-order valence-electron chi connectivity index (χ2n) is 6.46. The van der Waals surface area contributed by atoms with E-state index in [-0.39, 0.29) is 11.8 Å². The van der Waals surface area contributed by atoms with Gasteiger partial charge < -0.3 is 18.9 Å². The quantitative estimate of drug-likeness (QED) is 0.844. The fourth-order valence-electron chi connectivity index (χ4n) is 3.64. The van der Waals surface area contributed by atoms with Crippen LogP contribution in [0.15, 0.2) is 18.2 Å². The summed E-state index contributed by atoms with van der Waals surface area (Å²) in [6.07, 6.45) is 1.53. The number of methoxy groups -OCH3 is 1. The van der Waals surface area contributed by atoms with Gasteiger partial charge in [0.05, 0.1) is 19.6 Å². The van der Waals surface area contributed by atoms with Gasteiger partial charge in [0.1, 0.15) is 12.4 Å². The van der Waals surface area contributed by atoms with Gasteiger partial charge in [-0.15, -0.1) is 10.2 Å². The Morgan fingerprint density at radius 1 is 1.36 bits per heavy atom. The van der Waals surface area contributed by atoms with Crippen molar-refractivity contribution in [3.05, 3.63) is 35.4 Å². The molecule has 4 rings (SSSR count). The summed E-state index contributed by atoms with van der Waals surface area (Å²) in [7, 11) is 1.63. The number of ether oxygens (including phenoxy) is 2. The third kappa shape index (κ3) is 2.73. The molecule has 7 nitrogen and oxygen atoms in total. The molecule has 0 saturated heterocycles. The predicted molar refractivity (Wildman–Crippen MR) is 90.5 cm³/mol. The zero-order valence-electron chi connectivity index (χ0n) is 14.6. The number of aryl methyl sites for hydroxylation is 1. The lowest BCUT2D eigenvalue weighted by Gasteiger charge is -2.33. The minimum Gasteiger partial charge on any atom is -0.493 e. The normalized spacial score (nSPS) is 19.0. The first-order chi connectivity index (χ1) is 12.2. The van der Waals surface area contributed by atoms with Crippen LogP contribution >= 0.6 is 0 Å². The van der Waals surface area contributed by atoms with Gasteiger partial charge in [-0.25, -0.2) is 0 Å². The van der Waals surface area contributed by atoms with Crippen molar-refractivity contribution < 1.29 is 14.3 Å². The van der Waals surface area contributed by atoms with Crippen molar-refractivity contribution in [1.82, 2.24) is 19.7 Å². The van der Waals surface area contributed by atoms with Gasteiger partial charge in [-0.2, -0.15) is 0 Å². The van der Waals surface area contributed by atoms with E-state index in [1.54, 1.807) is 7.11 Å². The van der Waals surface area contributed by atoms with E-state index in [4.69, 9.17) is 9.47 Å². The van der Waals surface area contributed by atoms with Crippen LogP contribution in [0.5, 0.6) is 11.5 Å². The maximum Gasteiger partial charge on any atom is 0.229 e. The molecule has 1 aromatic heterocycles. The SMILES string of the molecule is CCc1nnc2n1CCN(C(=O)[C@H]1COc3c(cccc3OC)C1)C2. The summed E-state index contributed by atoms with van der Waals surface area (Å²) < 4.78 is 13.3. The van der Waals surface area contributed by atoms with Gasteiger partial charge in [-0.1, -0.05) is 19.1 Å². The third-order valence-corrected chi connectivity index (χ3v) is 4.98. The minimum atomic E-state index is -0.167. The van der Waals surface area contributed by atoms with E-state index in [0.29, 0.717) is 26.1 Å². The number of hydrogen-bond donors (Lipinski definition) is 0. The fourth-order valence-corrected chi connectivity index (χ4v) is 3.64. The maximum absolute atomic E-state index is 13.0. The average Bonchev–Trinajstić information content (AvgIpc) is 3.08. The number of para-hydroxylation sites is 1. The van der Waals surface area contributed by atoms with Crippen LogP contribution in [-0.4, -0.2) is 45.8 Å². The van der Waals surface area contributed by atoms with Gasteiger partial charge in [-0.05, 0) is 18.1 Å². The highest BCUT2D eigenvalue weighted by Gasteiger charge is 2.33. The van der Waals surface area contributed by atoms with Crippen molar-refractivity contribution in [2.75, 3.05) is 20.3 Å². The van der Waals surface area contributed by atoms with Crippen LogP contribution in [0.4, 0.5) is 0 Å². The number of rotatable bonds is 3. The van der Waals surface area contributed by atoms with Crippen LogP contribution < -0.4 is 9.47 Å². The standard InChI is InChI=1S/C18H22N4O3/c1-3-15-19-20-16-10-21(7-8-22(15)16)18(23)13-9-12-5-4-6-14(24-2)17(12)25-11-13/h4-6,13H,3,7-11H2,1-2H3/t13-/m1/s1. The van der Waals surface area contributed by atoms with Crippen molar-refractivity contribution >= 4 is 5.91 Å². The molecular weight excluding hydrogens is 320 g/mol. The molecule has 1 amide bonds. The molecule has 25 heavy (non-hydrogen) atoms. The van der Waals surface area contributed by atoms with Gasteiger partial charge in [0, 0.05) is 19.5 Å². The van der Waals surface area contributed by atoms with Gasteiger partial charge in [0.15, 0.2) is 17.3 Å². The Bertz CT molecular complexity index is 802. The largest absolute Gasteiger partial charge is 0.493 e. The summed E-state index contributed by atoms with van der Waals surface area (Å²) in [5, 5.41) is 8.44. The van der Waals surface area contributed by atoms with Gasteiger partial charge in [0.25, 0.3) is 0 Å². The Kier molecular flexibility index (Phi) is 4.07. The number of amides is 1. The van der Waals surface area contributed by atoms with E-state index in [9.17, 15) is 4.79 Å². The van der Waals surface area contributed by atoms with Crippen LogP contribution in [0, 0.1) is 5.92 Å². The molecule has 3 heterocycles. The van der Waals surface area contributed by atoms with Crippen LogP contribution in [-0.2, 0) is 30.7 Å². The second kappa shape index (κ2) is 6.38. The molecule has 2 aliphatic rings. The van der Waals surface area contributed by atoms with Crippen molar-refractivity contribution in [3.8, 4) is 11.5 Å². The van der Waals surface area contributed by atoms with Crippen molar-refractivity contribution in [1.29, 1.82) is 0 Å². The smallest absolute Gasteiger partial charge is 0.229 e. The maximum atomic E-state index is 13.0. The summed E-state index contributed by atoms with van der Waals surface area (Å²) in [5.41, 5.74) is 1.03. The minimum absolute atomic E-state index is 0.126. The molecule has 2 aromatic rings. The molecule has 0 radical (unpaired) electrons. The van der Waals surface area contributed by atoms with E-state index in [1.165, 1.54) is 0 Å². The Morgan fingerprint density at radius 2 is 2.24 bits per heavy atom. The molecule has 0 N–H and O–H groups in total. The summed E-state index contributed by atoms with van der Waals surface area (Å²) in [4.78, 5) is 14.8. The van der Waals surface area contributed by atoms with E-state index < -0.39 is 0 Å². The third-order valence-electron chi connectivity index (χ3n) is 4.98. The van der Waals surface area contributed by atoms with Gasteiger partial charge >= 0.3 is 0 Å². The molecule has 132 valence electrons. The molecule has 0 bridgehead atoms. The molecule has 1 atom stereocenters. The van der Waals surface area contributed by atoms with E-state index >= 15 is 0 Å². The topological polar surface area (TPSA) is 69.5 Å². The van der Waals surface area contributed by atoms with E-state index in [1.807, 2.05) is 23.1 Å². The van der Waals surface area contributed by atoms with Crippen LogP contribution in [0.1, 0.15) is 24.1 Å². The number of carbonyl (C=O) groups is 1. The van der Waals surface area contributed by atoms with Crippen molar-refractivity contribution in [2.45, 2.75) is 32.9 Å². The molecule has 1 aromatic carbocycles. The first-order valence-electron chi connectivity index (χ1n) is 8.69. The summed E-state index contributed by atoms with van der Waals surface area (Å²) in [5.74, 6) is 3.31. The first-order valence-corrected chi connectivity index (χ1v) is 8.69. The Hall–Kier alpha value is -2.57. The highest BCUT2D eigenvalue weighted by Crippen LogP contribution is 2.36. The lowest BCUT2D eigenvalue weighted by Crippen LogP contribution is -2.44. The molecule has 7 heteroatoms. The molecule has 0 spiro atoms. The Morgan fingerprint density at radius 3 is 3.04 bits per heavy atom. The Labute approximate surface area is 146 Å². The summed E-state index contributed by atoms with van der Waals surface area (Å²) in [6.45, 7) is 4.43. The summed E-state index contributed by atoms with van der Waals surface area (Å²) >= 11 is 0. The monoisotopic (exact) mass is 342 g/mol. The first kappa shape index (κ1) is 15.9. The highest BCUT2D eigenvalue weighted by molar-refractivity contribution is 5.80. The molecule has 0 saturated carbocycles. The molecule has 0 aliphatic carbocycles. The number of hydrogen-bond acceptors (Lipinski definition) is 5. The zero-order chi connectivity index (χ0) is 17.4.